The number of anilines is 1. The van der Waals surface area contributed by atoms with E-state index in [0.717, 1.165) is 35.4 Å². The third-order valence-electron chi connectivity index (χ3n) is 2.68. The van der Waals surface area contributed by atoms with Crippen molar-refractivity contribution in [1.29, 1.82) is 5.41 Å². The van der Waals surface area contributed by atoms with Crippen molar-refractivity contribution in [2.45, 2.75) is 13.8 Å². The predicted octanol–water partition coefficient (Wildman–Crippen LogP) is 2.60. The summed E-state index contributed by atoms with van der Waals surface area (Å²) in [6, 6.07) is 5.76. The number of nitrogens with zero attached hydrogens (tertiary/aromatic N) is 1. The van der Waals surface area contributed by atoms with Crippen LogP contribution in [-0.4, -0.2) is 32.1 Å². The first-order valence-corrected chi connectivity index (χ1v) is 6.86. The second-order valence-electron chi connectivity index (χ2n) is 3.85. The van der Waals surface area contributed by atoms with Gasteiger partial charge in [0.2, 0.25) is 0 Å². The normalized spacial score (nSPS) is 10.4. The minimum Gasteiger partial charge on any atom is -0.384 e. The molecule has 0 saturated carbocycles. The van der Waals surface area contributed by atoms with Gasteiger partial charge in [-0.05, 0) is 32.0 Å². The van der Waals surface area contributed by atoms with Gasteiger partial charge in [-0.15, -0.1) is 0 Å². The van der Waals surface area contributed by atoms with Gasteiger partial charge in [0.15, 0.2) is 0 Å². The van der Waals surface area contributed by atoms with Crippen molar-refractivity contribution in [2.24, 2.45) is 5.73 Å². The lowest BCUT2D eigenvalue weighted by molar-refractivity contribution is 0.154. The van der Waals surface area contributed by atoms with Crippen LogP contribution in [-0.2, 0) is 4.74 Å². The minimum absolute atomic E-state index is 0.0901. The van der Waals surface area contributed by atoms with Crippen molar-refractivity contribution in [3.8, 4) is 0 Å². The lowest BCUT2D eigenvalue weighted by Crippen LogP contribution is -2.29. The molecule has 0 spiro atoms. The molecule has 1 rings (SSSR count). The Morgan fingerprint density at radius 3 is 2.72 bits per heavy atom. The van der Waals surface area contributed by atoms with E-state index < -0.39 is 0 Å². The lowest BCUT2D eigenvalue weighted by atomic mass is 10.1. The summed E-state index contributed by atoms with van der Waals surface area (Å²) in [5.74, 6) is 0.0901. The topological polar surface area (TPSA) is 62.3 Å². The van der Waals surface area contributed by atoms with Crippen LogP contribution in [0.2, 0.25) is 0 Å². The summed E-state index contributed by atoms with van der Waals surface area (Å²) in [5.41, 5.74) is 7.35. The Balaban J connectivity index is 2.95. The van der Waals surface area contributed by atoms with Gasteiger partial charge < -0.3 is 15.4 Å². The molecule has 0 aliphatic heterocycles. The average Bonchev–Trinajstić information content (AvgIpc) is 2.34. The zero-order chi connectivity index (χ0) is 13.5. The molecule has 0 heterocycles. The maximum atomic E-state index is 7.63. The molecular weight excluding hydrogens is 294 g/mol. The highest BCUT2D eigenvalue weighted by Crippen LogP contribution is 2.24. The molecule has 4 nitrogen and oxygen atoms in total. The molecule has 0 radical (unpaired) electrons. The first-order valence-electron chi connectivity index (χ1n) is 6.06. The van der Waals surface area contributed by atoms with E-state index in [2.05, 4.69) is 27.8 Å². The smallest absolute Gasteiger partial charge is 0.124 e. The molecule has 0 atom stereocenters. The van der Waals surface area contributed by atoms with Gasteiger partial charge in [0.1, 0.15) is 5.84 Å². The van der Waals surface area contributed by atoms with Crippen LogP contribution in [0.5, 0.6) is 0 Å². The summed E-state index contributed by atoms with van der Waals surface area (Å²) in [6.07, 6.45) is 0. The number of nitrogens with one attached hydrogen (secondary N) is 1. The Labute approximate surface area is 117 Å². The zero-order valence-electron chi connectivity index (χ0n) is 10.9. The van der Waals surface area contributed by atoms with Crippen LogP contribution in [0.25, 0.3) is 0 Å². The lowest BCUT2D eigenvalue weighted by Gasteiger charge is -2.25. The minimum atomic E-state index is 0.0901. The van der Waals surface area contributed by atoms with E-state index in [1.807, 2.05) is 25.1 Å². The van der Waals surface area contributed by atoms with Gasteiger partial charge >= 0.3 is 0 Å². The number of ether oxygens (including phenoxy) is 1. The molecule has 1 aromatic rings. The van der Waals surface area contributed by atoms with Crippen molar-refractivity contribution in [3.63, 3.8) is 0 Å². The van der Waals surface area contributed by atoms with E-state index >= 15 is 0 Å². The van der Waals surface area contributed by atoms with Gasteiger partial charge in [-0.1, -0.05) is 15.9 Å². The van der Waals surface area contributed by atoms with Gasteiger partial charge in [-0.3, -0.25) is 5.41 Å². The van der Waals surface area contributed by atoms with Gasteiger partial charge in [0.05, 0.1) is 6.61 Å². The van der Waals surface area contributed by atoms with Crippen molar-refractivity contribution >= 4 is 27.5 Å². The van der Waals surface area contributed by atoms with Gasteiger partial charge in [-0.25, -0.2) is 0 Å². The summed E-state index contributed by atoms with van der Waals surface area (Å²) in [5, 5.41) is 7.63. The first kappa shape index (κ1) is 15.0. The van der Waals surface area contributed by atoms with Gasteiger partial charge in [-0.2, -0.15) is 0 Å². The molecule has 1 aromatic carbocycles. The number of halogens is 1. The van der Waals surface area contributed by atoms with E-state index in [-0.39, 0.29) is 5.84 Å². The van der Waals surface area contributed by atoms with Crippen LogP contribution in [0, 0.1) is 5.41 Å². The molecule has 5 heteroatoms. The second kappa shape index (κ2) is 7.38. The molecule has 3 N–H and O–H groups in total. The maximum absolute atomic E-state index is 7.63. The largest absolute Gasteiger partial charge is 0.384 e. The van der Waals surface area contributed by atoms with Gasteiger partial charge in [0.25, 0.3) is 0 Å². The summed E-state index contributed by atoms with van der Waals surface area (Å²) >= 11 is 3.46. The molecule has 0 aliphatic rings. The third-order valence-corrected chi connectivity index (χ3v) is 3.18. The van der Waals surface area contributed by atoms with Crippen molar-refractivity contribution in [1.82, 2.24) is 0 Å². The molecule has 0 saturated heterocycles. The number of nitrogen functional groups attached to an aromatic ring is 1. The number of nitrogens with two attached hydrogens (primary N) is 1. The highest BCUT2D eigenvalue weighted by molar-refractivity contribution is 9.10. The van der Waals surface area contributed by atoms with Crippen molar-refractivity contribution < 1.29 is 4.74 Å². The van der Waals surface area contributed by atoms with E-state index in [4.69, 9.17) is 15.9 Å². The first-order chi connectivity index (χ1) is 8.60. The highest BCUT2D eigenvalue weighted by Gasteiger charge is 2.12. The highest BCUT2D eigenvalue weighted by atomic mass is 79.9. The van der Waals surface area contributed by atoms with E-state index in [0.29, 0.717) is 6.61 Å². The molecule has 100 valence electrons. The number of hydrogen-bond acceptors (Lipinski definition) is 3. The zero-order valence-corrected chi connectivity index (χ0v) is 12.5. The van der Waals surface area contributed by atoms with Crippen LogP contribution < -0.4 is 10.6 Å². The summed E-state index contributed by atoms with van der Waals surface area (Å²) < 4.78 is 6.36. The standard InChI is InChI=1S/C13H20BrN3O/c1-3-17(7-8-18-4-2)12-9-10(14)5-6-11(12)13(15)16/h5-6,9H,3-4,7-8H2,1-2H3,(H3,15,16). The van der Waals surface area contributed by atoms with Crippen LogP contribution >= 0.6 is 15.9 Å². The second-order valence-corrected chi connectivity index (χ2v) is 4.77. The summed E-state index contributed by atoms with van der Waals surface area (Å²) in [4.78, 5) is 2.16. The Morgan fingerprint density at radius 1 is 1.44 bits per heavy atom. The number of amidine groups is 1. The maximum Gasteiger partial charge on any atom is 0.124 e. The Kier molecular flexibility index (Phi) is 6.15. The molecule has 0 bridgehead atoms. The summed E-state index contributed by atoms with van der Waals surface area (Å²) in [6.45, 7) is 7.10. The number of benzene rings is 1. The van der Waals surface area contributed by atoms with Gasteiger partial charge in [0, 0.05) is 35.4 Å². The Morgan fingerprint density at radius 2 is 2.17 bits per heavy atom. The molecule has 0 aromatic heterocycles. The number of hydrogen-bond donors (Lipinski definition) is 2. The number of likely N-dealkylation sites (N-methyl/N-ethyl adjacent to an activating group) is 1. The Bertz CT molecular complexity index is 409. The molecular formula is C13H20BrN3O. The third kappa shape index (κ3) is 3.99. The average molecular weight is 314 g/mol. The van der Waals surface area contributed by atoms with Crippen LogP contribution in [0.3, 0.4) is 0 Å². The van der Waals surface area contributed by atoms with E-state index in [1.165, 1.54) is 0 Å². The predicted molar refractivity (Wildman–Crippen MR) is 79.5 cm³/mol. The molecule has 0 fully saturated rings. The fourth-order valence-electron chi connectivity index (χ4n) is 1.76. The fraction of sp³-hybridized carbons (Fsp3) is 0.462. The molecule has 18 heavy (non-hydrogen) atoms. The van der Waals surface area contributed by atoms with E-state index in [9.17, 15) is 0 Å². The molecule has 0 amide bonds. The quantitative estimate of drug-likeness (QED) is 0.462. The monoisotopic (exact) mass is 313 g/mol. The van der Waals surface area contributed by atoms with Crippen molar-refractivity contribution in [3.05, 3.63) is 28.2 Å². The van der Waals surface area contributed by atoms with Crippen LogP contribution in [0.4, 0.5) is 5.69 Å². The van der Waals surface area contributed by atoms with Crippen LogP contribution in [0.1, 0.15) is 19.4 Å². The SMILES string of the molecule is CCOCCN(CC)c1cc(Br)ccc1C(=N)N. The van der Waals surface area contributed by atoms with Crippen molar-refractivity contribution in [2.75, 3.05) is 31.2 Å². The van der Waals surface area contributed by atoms with E-state index in [1.54, 1.807) is 0 Å². The molecule has 0 unspecified atom stereocenters. The molecule has 0 aliphatic carbocycles. The fourth-order valence-corrected chi connectivity index (χ4v) is 2.11. The number of rotatable bonds is 7. The van der Waals surface area contributed by atoms with Crippen LogP contribution in [0.15, 0.2) is 22.7 Å². The Hall–Kier alpha value is -1.07. The summed E-state index contributed by atoms with van der Waals surface area (Å²) in [7, 11) is 0.